The summed E-state index contributed by atoms with van der Waals surface area (Å²) in [5.74, 6) is 5.41. The van der Waals surface area contributed by atoms with Crippen LogP contribution < -0.4 is 4.74 Å². The molecule has 3 aliphatic rings. The molecule has 4 rings (SSSR count). The molecule has 0 bridgehead atoms. The minimum absolute atomic E-state index is 0.0710. The number of rotatable bonds is 21. The van der Waals surface area contributed by atoms with Gasteiger partial charge in [0.1, 0.15) is 5.75 Å². The van der Waals surface area contributed by atoms with E-state index in [1.807, 2.05) is 0 Å². The van der Waals surface area contributed by atoms with Gasteiger partial charge in [0.05, 0.1) is 19.8 Å². The molecule has 1 aromatic carbocycles. The lowest BCUT2D eigenvalue weighted by molar-refractivity contribution is -0.139. The van der Waals surface area contributed by atoms with Gasteiger partial charge >= 0.3 is 11.9 Å². The molecule has 3 fully saturated rings. The molecule has 3 saturated carbocycles. The maximum atomic E-state index is 12.0. The molecule has 1 N–H and O–H groups in total. The minimum atomic E-state index is -0.358. The number of hydrogen-bond acceptors (Lipinski definition) is 6. The van der Waals surface area contributed by atoms with Gasteiger partial charge in [0.15, 0.2) is 0 Å². The fourth-order valence-electron chi connectivity index (χ4n) is 9.56. The Balaban J connectivity index is 1.36. The van der Waals surface area contributed by atoms with Crippen molar-refractivity contribution in [2.24, 2.45) is 29.6 Å². The number of benzene rings is 1. The molecule has 292 valence electrons. The molecule has 6 heteroatoms. The molecular weight excluding hydrogens is 649 g/mol. The van der Waals surface area contributed by atoms with Crippen LogP contribution in [0.3, 0.4) is 0 Å². The Kier molecular flexibility index (Phi) is 18.3. The number of esters is 2. The van der Waals surface area contributed by atoms with Gasteiger partial charge in [0.2, 0.25) is 0 Å². The molecule has 0 unspecified atom stereocenters. The Bertz CT molecular complexity index is 1200. The highest BCUT2D eigenvalue weighted by Crippen LogP contribution is 2.48. The van der Waals surface area contributed by atoms with Crippen LogP contribution in [0.15, 0.2) is 36.4 Å². The molecule has 0 spiro atoms. The Morgan fingerprint density at radius 2 is 1.12 bits per heavy atom. The van der Waals surface area contributed by atoms with Gasteiger partial charge in [0, 0.05) is 24.2 Å². The van der Waals surface area contributed by atoms with E-state index >= 15 is 0 Å². The molecule has 0 saturated heterocycles. The van der Waals surface area contributed by atoms with Gasteiger partial charge in [-0.25, -0.2) is 9.59 Å². The predicted molar refractivity (Wildman–Crippen MR) is 212 cm³/mol. The summed E-state index contributed by atoms with van der Waals surface area (Å²) in [5.41, 5.74) is 4.45. The largest absolute Gasteiger partial charge is 0.493 e. The van der Waals surface area contributed by atoms with Crippen molar-refractivity contribution in [1.82, 2.24) is 0 Å². The Morgan fingerprint density at radius 1 is 0.654 bits per heavy atom. The van der Waals surface area contributed by atoms with E-state index in [9.17, 15) is 14.7 Å². The average Bonchev–Trinajstić information content (AvgIpc) is 3.16. The summed E-state index contributed by atoms with van der Waals surface area (Å²) in [4.78, 5) is 24.0. The highest BCUT2D eigenvalue weighted by atomic mass is 16.5. The van der Waals surface area contributed by atoms with E-state index in [4.69, 9.17) is 14.2 Å². The third-order valence-corrected chi connectivity index (χ3v) is 12.7. The summed E-state index contributed by atoms with van der Waals surface area (Å²) in [5, 5.41) is 9.47. The first-order valence-corrected chi connectivity index (χ1v) is 21.2. The molecule has 1 aromatic rings. The van der Waals surface area contributed by atoms with E-state index < -0.39 is 0 Å². The number of carbonyl (C=O) groups is 2. The summed E-state index contributed by atoms with van der Waals surface area (Å²) >= 11 is 0. The zero-order valence-corrected chi connectivity index (χ0v) is 33.2. The van der Waals surface area contributed by atoms with Gasteiger partial charge in [-0.2, -0.15) is 0 Å². The van der Waals surface area contributed by atoms with Crippen molar-refractivity contribution in [2.75, 3.05) is 26.4 Å². The molecular formula is C46H72O6. The van der Waals surface area contributed by atoms with E-state index in [0.29, 0.717) is 56.1 Å². The number of aryl methyl sites for hydroxylation is 2. The van der Waals surface area contributed by atoms with Gasteiger partial charge in [-0.15, -0.1) is 0 Å². The van der Waals surface area contributed by atoms with Crippen LogP contribution in [0.1, 0.15) is 165 Å². The monoisotopic (exact) mass is 721 g/mol. The van der Waals surface area contributed by atoms with E-state index in [0.717, 1.165) is 59.3 Å². The van der Waals surface area contributed by atoms with Gasteiger partial charge in [-0.1, -0.05) is 70.7 Å². The van der Waals surface area contributed by atoms with Gasteiger partial charge in [-0.3, -0.25) is 0 Å². The fourth-order valence-corrected chi connectivity index (χ4v) is 9.56. The Labute approximate surface area is 316 Å². The van der Waals surface area contributed by atoms with Crippen LogP contribution in [0.2, 0.25) is 0 Å². The number of ether oxygens (including phenoxy) is 3. The molecule has 0 amide bonds. The van der Waals surface area contributed by atoms with E-state index in [-0.39, 0.29) is 18.5 Å². The van der Waals surface area contributed by atoms with Crippen LogP contribution in [0.25, 0.3) is 0 Å². The number of aliphatic hydroxyl groups is 1. The molecule has 0 heterocycles. The maximum absolute atomic E-state index is 12.0. The second-order valence-electron chi connectivity index (χ2n) is 16.7. The van der Waals surface area contributed by atoms with E-state index in [1.54, 1.807) is 13.8 Å². The number of unbranched alkanes of at least 4 members (excludes halogenated alkanes) is 2. The van der Waals surface area contributed by atoms with Crippen molar-refractivity contribution in [3.05, 3.63) is 53.1 Å². The Hall–Kier alpha value is -2.60. The summed E-state index contributed by atoms with van der Waals surface area (Å²) in [6.45, 7) is 14.2. The standard InChI is InChI=1S/C46H72O6/c1-6-7-8-12-35-15-17-36(18-16-35)37-19-21-38(22-20-37)39-23-25-40(26-24-39)43-31-41(13-9-28-51-45(48)33(2)3)44(50-30-11-27-47)42(32-43)14-10-29-52-46(49)34(4)5/h31-32,35-40,47H,2,4,6-30H2,1,3,5H3. The molecule has 6 nitrogen and oxygen atoms in total. The van der Waals surface area contributed by atoms with Crippen molar-refractivity contribution >= 4 is 11.9 Å². The number of aliphatic hydroxyl groups excluding tert-OH is 1. The van der Waals surface area contributed by atoms with Crippen molar-refractivity contribution in [2.45, 2.75) is 162 Å². The first-order chi connectivity index (χ1) is 25.2. The smallest absolute Gasteiger partial charge is 0.333 e. The molecule has 52 heavy (non-hydrogen) atoms. The quantitative estimate of drug-likeness (QED) is 0.0773. The number of carbonyl (C=O) groups excluding carboxylic acids is 2. The topological polar surface area (TPSA) is 82.1 Å². The van der Waals surface area contributed by atoms with Crippen molar-refractivity contribution in [1.29, 1.82) is 0 Å². The lowest BCUT2D eigenvalue weighted by atomic mass is 9.64. The fraction of sp³-hybridized carbons (Fsp3) is 0.739. The summed E-state index contributed by atoms with van der Waals surface area (Å²) in [6.07, 6.45) is 25.9. The van der Waals surface area contributed by atoms with Crippen LogP contribution in [-0.4, -0.2) is 43.5 Å². The lowest BCUT2D eigenvalue weighted by Gasteiger charge is -2.41. The van der Waals surface area contributed by atoms with Crippen LogP contribution in [0, 0.1) is 29.6 Å². The van der Waals surface area contributed by atoms with Crippen LogP contribution >= 0.6 is 0 Å². The first-order valence-electron chi connectivity index (χ1n) is 21.2. The second-order valence-corrected chi connectivity index (χ2v) is 16.7. The minimum Gasteiger partial charge on any atom is -0.493 e. The summed E-state index contributed by atoms with van der Waals surface area (Å²) in [7, 11) is 0. The SMILES string of the molecule is C=C(C)C(=O)OCCCc1cc(C2CCC(C3CCC(C4CCC(CCCCC)CC4)CC3)CC2)cc(CCCOC(=O)C(=C)C)c1OCCCO. The zero-order valence-electron chi connectivity index (χ0n) is 33.2. The molecule has 0 aromatic heterocycles. The number of hydrogen-bond donors (Lipinski definition) is 1. The Morgan fingerprint density at radius 3 is 1.56 bits per heavy atom. The average molecular weight is 721 g/mol. The maximum Gasteiger partial charge on any atom is 0.333 e. The molecule has 3 aliphatic carbocycles. The van der Waals surface area contributed by atoms with Crippen LogP contribution in [0.5, 0.6) is 5.75 Å². The zero-order chi connectivity index (χ0) is 37.3. The van der Waals surface area contributed by atoms with Gasteiger partial charge in [-0.05, 0) is 156 Å². The van der Waals surface area contributed by atoms with Gasteiger partial charge < -0.3 is 19.3 Å². The van der Waals surface area contributed by atoms with Gasteiger partial charge in [0.25, 0.3) is 0 Å². The third-order valence-electron chi connectivity index (χ3n) is 12.7. The normalized spacial score (nSPS) is 24.9. The third kappa shape index (κ3) is 13.4. The lowest BCUT2D eigenvalue weighted by Crippen LogP contribution is -2.29. The van der Waals surface area contributed by atoms with Crippen LogP contribution in [0.4, 0.5) is 0 Å². The highest BCUT2D eigenvalue weighted by molar-refractivity contribution is 5.87. The van der Waals surface area contributed by atoms with E-state index in [2.05, 4.69) is 32.2 Å². The van der Waals surface area contributed by atoms with Crippen molar-refractivity contribution in [3.8, 4) is 5.75 Å². The van der Waals surface area contributed by atoms with Crippen LogP contribution in [-0.2, 0) is 31.9 Å². The molecule has 0 aliphatic heterocycles. The van der Waals surface area contributed by atoms with E-state index in [1.165, 1.54) is 108 Å². The highest BCUT2D eigenvalue weighted by Gasteiger charge is 2.35. The summed E-state index contributed by atoms with van der Waals surface area (Å²) in [6, 6.07) is 4.68. The second kappa shape index (κ2) is 22.6. The molecule has 0 atom stereocenters. The first kappa shape index (κ1) is 42.1. The molecule has 0 radical (unpaired) electrons. The van der Waals surface area contributed by atoms with Crippen molar-refractivity contribution < 1.29 is 28.9 Å². The predicted octanol–water partition coefficient (Wildman–Crippen LogP) is 11.0. The summed E-state index contributed by atoms with van der Waals surface area (Å²) < 4.78 is 17.2. The van der Waals surface area contributed by atoms with Crippen molar-refractivity contribution in [3.63, 3.8) is 0 Å².